The van der Waals surface area contributed by atoms with Crippen molar-refractivity contribution in [2.45, 2.75) is 32.9 Å². The van der Waals surface area contributed by atoms with Gasteiger partial charge in [0.15, 0.2) is 0 Å². The Balaban J connectivity index is 1.96. The van der Waals surface area contributed by atoms with Gasteiger partial charge < -0.3 is 14.2 Å². The minimum atomic E-state index is -0.690. The summed E-state index contributed by atoms with van der Waals surface area (Å²) in [5.74, 6) is -0.964. The zero-order valence-corrected chi connectivity index (χ0v) is 18.1. The second kappa shape index (κ2) is 9.57. The van der Waals surface area contributed by atoms with Crippen LogP contribution >= 0.6 is 23.2 Å². The normalized spacial score (nSPS) is 13.7. The molecule has 1 aromatic carbocycles. The lowest BCUT2D eigenvalue weighted by atomic mass is 10.1. The highest BCUT2D eigenvalue weighted by atomic mass is 35.5. The van der Waals surface area contributed by atoms with Crippen molar-refractivity contribution in [1.82, 2.24) is 9.36 Å². The molecule has 10 heteroatoms. The molecule has 0 spiro atoms. The number of methoxy groups -OCH3 is 1. The number of carbonyl (C=O) groups excluding carboxylic acids is 1. The Labute approximate surface area is 182 Å². The monoisotopic (exact) mass is 458 g/mol. The lowest BCUT2D eigenvalue weighted by molar-refractivity contribution is -0.135. The molecule has 0 unspecified atom stereocenters. The first-order valence-corrected chi connectivity index (χ1v) is 10.2. The van der Waals surface area contributed by atoms with Gasteiger partial charge in [0.2, 0.25) is 0 Å². The van der Waals surface area contributed by atoms with E-state index in [0.29, 0.717) is 19.7 Å². The van der Waals surface area contributed by atoms with E-state index in [1.807, 2.05) is 0 Å². The molecule has 1 aliphatic heterocycles. The third kappa shape index (κ3) is 4.49. The maximum atomic E-state index is 14.7. The molecule has 1 aromatic heterocycles. The zero-order valence-electron chi connectivity index (χ0n) is 16.5. The summed E-state index contributed by atoms with van der Waals surface area (Å²) in [6.07, 6.45) is 2.88. The van der Waals surface area contributed by atoms with E-state index in [-0.39, 0.29) is 45.0 Å². The van der Waals surface area contributed by atoms with E-state index in [1.54, 1.807) is 11.6 Å². The van der Waals surface area contributed by atoms with Crippen molar-refractivity contribution in [3.8, 4) is 16.9 Å². The van der Waals surface area contributed by atoms with Crippen LogP contribution in [0.4, 0.5) is 4.39 Å². The second-order valence-corrected chi connectivity index (χ2v) is 7.31. The van der Waals surface area contributed by atoms with Gasteiger partial charge in [0, 0.05) is 18.7 Å². The van der Waals surface area contributed by atoms with Crippen LogP contribution in [-0.4, -0.2) is 35.7 Å². The molecule has 0 radical (unpaired) electrons. The van der Waals surface area contributed by atoms with Gasteiger partial charge in [0.05, 0.1) is 30.4 Å². The highest BCUT2D eigenvalue weighted by Gasteiger charge is 2.25. The molecule has 30 heavy (non-hydrogen) atoms. The van der Waals surface area contributed by atoms with Crippen LogP contribution in [0.15, 0.2) is 28.8 Å². The molecule has 0 aliphatic carbocycles. The van der Waals surface area contributed by atoms with Gasteiger partial charge in [-0.25, -0.2) is 13.9 Å². The molecule has 7 nitrogen and oxygen atoms in total. The summed E-state index contributed by atoms with van der Waals surface area (Å²) in [5.41, 5.74) is -0.311. The summed E-state index contributed by atoms with van der Waals surface area (Å²) in [4.78, 5) is 24.3. The van der Waals surface area contributed by atoms with Gasteiger partial charge in [-0.05, 0) is 31.9 Å². The molecule has 2 aromatic rings. The number of ether oxygens (including phenoxy) is 3. The fraction of sp³-hybridized carbons (Fsp3) is 0.400. The zero-order chi connectivity index (χ0) is 21.8. The van der Waals surface area contributed by atoms with Gasteiger partial charge in [-0.2, -0.15) is 0 Å². The number of fused-ring (bicyclic) bond motifs is 1. The quantitative estimate of drug-likeness (QED) is 0.355. The van der Waals surface area contributed by atoms with Crippen molar-refractivity contribution in [1.29, 1.82) is 0 Å². The minimum Gasteiger partial charge on any atom is -0.494 e. The first kappa shape index (κ1) is 22.2. The summed E-state index contributed by atoms with van der Waals surface area (Å²) in [6.45, 7) is 3.01. The van der Waals surface area contributed by atoms with Gasteiger partial charge in [0.25, 0.3) is 5.56 Å². The molecule has 0 N–H and O–H groups in total. The number of aromatic nitrogens is 2. The average molecular weight is 459 g/mol. The molecule has 0 saturated carbocycles. The van der Waals surface area contributed by atoms with Gasteiger partial charge in [-0.1, -0.05) is 23.2 Å². The number of hydrogen-bond donors (Lipinski definition) is 0. The number of benzene rings is 1. The fourth-order valence-corrected chi connectivity index (χ4v) is 3.80. The van der Waals surface area contributed by atoms with Crippen molar-refractivity contribution >= 4 is 29.2 Å². The first-order chi connectivity index (χ1) is 14.4. The minimum absolute atomic E-state index is 0.00497. The van der Waals surface area contributed by atoms with E-state index in [1.165, 1.54) is 17.9 Å². The number of rotatable bonds is 7. The van der Waals surface area contributed by atoms with Crippen LogP contribution in [0.1, 0.15) is 19.8 Å². The lowest BCUT2D eigenvalue weighted by Crippen LogP contribution is -2.27. The molecule has 0 bridgehead atoms. The maximum absolute atomic E-state index is 14.7. The molecule has 2 heterocycles. The summed E-state index contributed by atoms with van der Waals surface area (Å²) in [7, 11) is 1.24. The van der Waals surface area contributed by atoms with Crippen LogP contribution in [-0.2, 0) is 27.4 Å². The fourth-order valence-electron chi connectivity index (χ4n) is 3.23. The van der Waals surface area contributed by atoms with Crippen molar-refractivity contribution in [2.24, 2.45) is 0 Å². The molecule has 3 rings (SSSR count). The molecular formula is C20H21Cl2FN2O5. The Bertz CT molecular complexity index is 1040. The molecule has 0 atom stereocenters. The van der Waals surface area contributed by atoms with Crippen LogP contribution in [0.5, 0.6) is 5.75 Å². The van der Waals surface area contributed by atoms with Crippen LogP contribution < -0.4 is 10.3 Å². The summed E-state index contributed by atoms with van der Waals surface area (Å²) in [6, 6.07) is 2.39. The molecular weight excluding hydrogens is 438 g/mol. The van der Waals surface area contributed by atoms with Crippen molar-refractivity contribution in [3.05, 3.63) is 50.3 Å². The summed E-state index contributed by atoms with van der Waals surface area (Å²) < 4.78 is 33.5. The maximum Gasteiger partial charge on any atom is 0.334 e. The van der Waals surface area contributed by atoms with Gasteiger partial charge in [0.1, 0.15) is 29.1 Å². The van der Waals surface area contributed by atoms with Crippen molar-refractivity contribution in [2.75, 3.05) is 20.3 Å². The SMILES string of the molecule is CCO/C(=C/C(=O)OC)COc1cc(-c2c(Cl)n3n(c2=O)CCCC3)c(F)cc1Cl. The summed E-state index contributed by atoms with van der Waals surface area (Å²) >= 11 is 12.5. The number of carbonyl (C=O) groups is 1. The Morgan fingerprint density at radius 3 is 2.57 bits per heavy atom. The van der Waals surface area contributed by atoms with E-state index in [2.05, 4.69) is 4.74 Å². The topological polar surface area (TPSA) is 71.7 Å². The molecule has 1 aliphatic rings. The Hall–Kier alpha value is -2.45. The predicted octanol–water partition coefficient (Wildman–Crippen LogP) is 4.03. The Morgan fingerprint density at radius 1 is 1.23 bits per heavy atom. The number of hydrogen-bond acceptors (Lipinski definition) is 5. The van der Waals surface area contributed by atoms with Gasteiger partial charge >= 0.3 is 5.97 Å². The predicted molar refractivity (Wildman–Crippen MR) is 111 cm³/mol. The van der Waals surface area contributed by atoms with Crippen LogP contribution in [0.2, 0.25) is 10.2 Å². The third-order valence-corrected chi connectivity index (χ3v) is 5.31. The van der Waals surface area contributed by atoms with Crippen LogP contribution in [0.3, 0.4) is 0 Å². The average Bonchev–Trinajstić information content (AvgIpc) is 2.98. The number of nitrogens with zero attached hydrogens (tertiary/aromatic N) is 2. The molecule has 162 valence electrons. The summed E-state index contributed by atoms with van der Waals surface area (Å²) in [5, 5.41) is 0.179. The van der Waals surface area contributed by atoms with E-state index in [0.717, 1.165) is 25.0 Å². The highest BCUT2D eigenvalue weighted by Crippen LogP contribution is 2.36. The van der Waals surface area contributed by atoms with Crippen molar-refractivity contribution in [3.63, 3.8) is 0 Å². The molecule has 0 amide bonds. The number of halogens is 3. The van der Waals surface area contributed by atoms with Crippen molar-refractivity contribution < 1.29 is 23.4 Å². The standard InChI is InChI=1S/C20H21Cl2FN2O5/c1-3-29-12(8-17(26)28-2)11-30-16-9-13(15(23)10-14(16)21)18-19(22)24-6-4-5-7-25(24)20(18)27/h8-10H,3-7,11H2,1-2H3/b12-8+. The second-order valence-electron chi connectivity index (χ2n) is 6.54. The van der Waals surface area contributed by atoms with Gasteiger partial charge in [-0.3, -0.25) is 9.48 Å². The highest BCUT2D eigenvalue weighted by molar-refractivity contribution is 6.33. The first-order valence-electron chi connectivity index (χ1n) is 9.40. The molecule has 0 saturated heterocycles. The van der Waals surface area contributed by atoms with E-state index < -0.39 is 11.8 Å². The lowest BCUT2D eigenvalue weighted by Gasteiger charge is -2.17. The number of esters is 1. The van der Waals surface area contributed by atoms with E-state index in [9.17, 15) is 14.0 Å². The van der Waals surface area contributed by atoms with E-state index >= 15 is 0 Å². The largest absolute Gasteiger partial charge is 0.494 e. The smallest absolute Gasteiger partial charge is 0.334 e. The van der Waals surface area contributed by atoms with Crippen LogP contribution in [0.25, 0.3) is 11.1 Å². The van der Waals surface area contributed by atoms with Gasteiger partial charge in [-0.15, -0.1) is 0 Å². The Morgan fingerprint density at radius 2 is 1.93 bits per heavy atom. The molecule has 0 fully saturated rings. The van der Waals surface area contributed by atoms with E-state index in [4.69, 9.17) is 32.7 Å². The van der Waals surface area contributed by atoms with Crippen LogP contribution in [0, 0.1) is 5.82 Å². The third-order valence-electron chi connectivity index (χ3n) is 4.63. The Kier molecular flexibility index (Phi) is 7.10.